The van der Waals surface area contributed by atoms with Crippen molar-refractivity contribution in [1.29, 1.82) is 0 Å². The van der Waals surface area contributed by atoms with Crippen molar-refractivity contribution in [3.63, 3.8) is 0 Å². The second-order valence-electron chi connectivity index (χ2n) is 4.05. The molecular formula is C9H15N3. The predicted octanol–water partition coefficient (Wildman–Crippen LogP) is 1.66. The summed E-state index contributed by atoms with van der Waals surface area (Å²) in [5.74, 6) is 0.487. The molecule has 66 valence electrons. The van der Waals surface area contributed by atoms with E-state index in [0.717, 1.165) is 11.3 Å². The van der Waals surface area contributed by atoms with Gasteiger partial charge in [-0.1, -0.05) is 20.8 Å². The van der Waals surface area contributed by atoms with Crippen molar-refractivity contribution >= 4 is 5.82 Å². The molecule has 0 aliphatic heterocycles. The maximum Gasteiger partial charge on any atom is 0.146 e. The van der Waals surface area contributed by atoms with Gasteiger partial charge in [0.2, 0.25) is 0 Å². The lowest BCUT2D eigenvalue weighted by Crippen LogP contribution is -2.16. The van der Waals surface area contributed by atoms with Gasteiger partial charge < -0.3 is 5.73 Å². The molecular weight excluding hydrogens is 150 g/mol. The number of nitrogen functional groups attached to an aromatic ring is 1. The summed E-state index contributed by atoms with van der Waals surface area (Å²) in [4.78, 5) is 0. The molecule has 0 unspecified atom stereocenters. The van der Waals surface area contributed by atoms with Gasteiger partial charge in [0.15, 0.2) is 0 Å². The number of nitrogens with zero attached hydrogens (tertiary/aromatic N) is 2. The molecule has 0 saturated heterocycles. The van der Waals surface area contributed by atoms with Gasteiger partial charge in [0.05, 0.1) is 5.69 Å². The first-order valence-corrected chi connectivity index (χ1v) is 4.01. The Kier molecular flexibility index (Phi) is 2.04. The number of hydrogen-bond donors (Lipinski definition) is 1. The molecule has 0 aliphatic rings. The Morgan fingerprint density at radius 3 is 2.25 bits per heavy atom. The van der Waals surface area contributed by atoms with E-state index >= 15 is 0 Å². The summed E-state index contributed by atoms with van der Waals surface area (Å²) in [5.41, 5.74) is 7.66. The molecule has 3 nitrogen and oxygen atoms in total. The van der Waals surface area contributed by atoms with Crippen LogP contribution in [0.4, 0.5) is 5.82 Å². The molecule has 1 rings (SSSR count). The third-order valence-corrected chi connectivity index (χ3v) is 1.71. The van der Waals surface area contributed by atoms with E-state index in [9.17, 15) is 0 Å². The standard InChI is InChI=1S/C9H15N3/c1-6-5-7(10)11-12-8(6)9(2,3)4/h5H,1-4H3,(H2,10,11). The molecule has 0 aromatic carbocycles. The fourth-order valence-electron chi connectivity index (χ4n) is 1.25. The number of anilines is 1. The molecule has 0 amide bonds. The largest absolute Gasteiger partial charge is 0.382 e. The van der Waals surface area contributed by atoms with Crippen LogP contribution in [0.15, 0.2) is 6.07 Å². The molecule has 0 spiro atoms. The van der Waals surface area contributed by atoms with Crippen molar-refractivity contribution in [2.75, 3.05) is 5.73 Å². The van der Waals surface area contributed by atoms with E-state index in [1.807, 2.05) is 13.0 Å². The van der Waals surface area contributed by atoms with E-state index < -0.39 is 0 Å². The number of nitrogens with two attached hydrogens (primary N) is 1. The highest BCUT2D eigenvalue weighted by atomic mass is 15.1. The normalized spacial score (nSPS) is 11.7. The van der Waals surface area contributed by atoms with E-state index in [1.165, 1.54) is 0 Å². The molecule has 2 N–H and O–H groups in total. The lowest BCUT2D eigenvalue weighted by atomic mass is 9.89. The van der Waals surface area contributed by atoms with Crippen molar-refractivity contribution in [2.45, 2.75) is 33.1 Å². The van der Waals surface area contributed by atoms with Crippen LogP contribution in [0.25, 0.3) is 0 Å². The van der Waals surface area contributed by atoms with Gasteiger partial charge in [0.1, 0.15) is 5.82 Å². The van der Waals surface area contributed by atoms with Gasteiger partial charge >= 0.3 is 0 Å². The lowest BCUT2D eigenvalue weighted by Gasteiger charge is -2.18. The molecule has 1 aromatic rings. The number of aryl methyl sites for hydroxylation is 1. The molecule has 0 atom stereocenters. The summed E-state index contributed by atoms with van der Waals surface area (Å²) < 4.78 is 0. The summed E-state index contributed by atoms with van der Waals surface area (Å²) in [6, 6.07) is 1.85. The number of hydrogen-bond acceptors (Lipinski definition) is 3. The third-order valence-electron chi connectivity index (χ3n) is 1.71. The quantitative estimate of drug-likeness (QED) is 0.636. The Bertz CT molecular complexity index is 286. The summed E-state index contributed by atoms with van der Waals surface area (Å²) in [5, 5.41) is 7.91. The highest BCUT2D eigenvalue weighted by Gasteiger charge is 2.18. The first kappa shape index (κ1) is 8.97. The maximum atomic E-state index is 5.50. The number of rotatable bonds is 0. The van der Waals surface area contributed by atoms with Gasteiger partial charge in [0, 0.05) is 5.41 Å². The van der Waals surface area contributed by atoms with Crippen molar-refractivity contribution in [2.24, 2.45) is 0 Å². The lowest BCUT2D eigenvalue weighted by molar-refractivity contribution is 0.554. The second kappa shape index (κ2) is 2.73. The molecule has 0 aliphatic carbocycles. The zero-order chi connectivity index (χ0) is 9.35. The minimum absolute atomic E-state index is 0.0464. The van der Waals surface area contributed by atoms with E-state index in [4.69, 9.17) is 5.73 Å². The van der Waals surface area contributed by atoms with Crippen LogP contribution < -0.4 is 5.73 Å². The third kappa shape index (κ3) is 1.72. The van der Waals surface area contributed by atoms with Crippen molar-refractivity contribution in [1.82, 2.24) is 10.2 Å². The Labute approximate surface area is 73.0 Å². The molecule has 0 radical (unpaired) electrons. The average Bonchev–Trinajstić information content (AvgIpc) is 1.83. The SMILES string of the molecule is Cc1cc(N)nnc1C(C)(C)C. The van der Waals surface area contributed by atoms with Crippen molar-refractivity contribution < 1.29 is 0 Å². The smallest absolute Gasteiger partial charge is 0.146 e. The monoisotopic (exact) mass is 165 g/mol. The van der Waals surface area contributed by atoms with Gasteiger partial charge in [-0.25, -0.2) is 0 Å². The molecule has 0 bridgehead atoms. The highest BCUT2D eigenvalue weighted by Crippen LogP contribution is 2.22. The van der Waals surface area contributed by atoms with Crippen LogP contribution in [0.5, 0.6) is 0 Å². The molecule has 1 heterocycles. The van der Waals surface area contributed by atoms with Gasteiger partial charge in [-0.2, -0.15) is 5.10 Å². The maximum absolute atomic E-state index is 5.50. The molecule has 3 heteroatoms. The van der Waals surface area contributed by atoms with E-state index in [1.54, 1.807) is 0 Å². The molecule has 0 saturated carbocycles. The van der Waals surface area contributed by atoms with Crippen LogP contribution in [0.3, 0.4) is 0 Å². The Morgan fingerprint density at radius 1 is 1.25 bits per heavy atom. The van der Waals surface area contributed by atoms with Gasteiger partial charge in [-0.15, -0.1) is 5.10 Å². The zero-order valence-electron chi connectivity index (χ0n) is 8.05. The minimum atomic E-state index is 0.0464. The second-order valence-corrected chi connectivity index (χ2v) is 4.05. The Balaban J connectivity index is 3.19. The molecule has 0 fully saturated rings. The molecule has 12 heavy (non-hydrogen) atoms. The Morgan fingerprint density at radius 2 is 1.83 bits per heavy atom. The topological polar surface area (TPSA) is 51.8 Å². The van der Waals surface area contributed by atoms with Crippen LogP contribution in [0, 0.1) is 6.92 Å². The van der Waals surface area contributed by atoms with Crippen LogP contribution in [-0.4, -0.2) is 10.2 Å². The minimum Gasteiger partial charge on any atom is -0.382 e. The summed E-state index contributed by atoms with van der Waals surface area (Å²) in [6.45, 7) is 8.34. The molecule has 1 aromatic heterocycles. The van der Waals surface area contributed by atoms with Crippen molar-refractivity contribution in [3.05, 3.63) is 17.3 Å². The van der Waals surface area contributed by atoms with Crippen LogP contribution in [-0.2, 0) is 5.41 Å². The first-order chi connectivity index (χ1) is 5.41. The van der Waals surface area contributed by atoms with E-state index in [-0.39, 0.29) is 5.41 Å². The Hall–Kier alpha value is -1.12. The van der Waals surface area contributed by atoms with Crippen LogP contribution >= 0.6 is 0 Å². The van der Waals surface area contributed by atoms with E-state index in [2.05, 4.69) is 31.0 Å². The van der Waals surface area contributed by atoms with Gasteiger partial charge in [-0.3, -0.25) is 0 Å². The fraction of sp³-hybridized carbons (Fsp3) is 0.556. The summed E-state index contributed by atoms with van der Waals surface area (Å²) >= 11 is 0. The van der Waals surface area contributed by atoms with E-state index in [0.29, 0.717) is 5.82 Å². The van der Waals surface area contributed by atoms with Gasteiger partial charge in [-0.05, 0) is 18.6 Å². The zero-order valence-corrected chi connectivity index (χ0v) is 8.05. The highest BCUT2D eigenvalue weighted by molar-refractivity contribution is 5.34. The average molecular weight is 165 g/mol. The summed E-state index contributed by atoms with van der Waals surface area (Å²) in [6.07, 6.45) is 0. The van der Waals surface area contributed by atoms with Crippen LogP contribution in [0.1, 0.15) is 32.0 Å². The van der Waals surface area contributed by atoms with Crippen LogP contribution in [0.2, 0.25) is 0 Å². The van der Waals surface area contributed by atoms with Crippen molar-refractivity contribution in [3.8, 4) is 0 Å². The predicted molar refractivity (Wildman–Crippen MR) is 49.9 cm³/mol. The first-order valence-electron chi connectivity index (χ1n) is 4.01. The fourth-order valence-corrected chi connectivity index (χ4v) is 1.25. The number of aromatic nitrogens is 2. The van der Waals surface area contributed by atoms with Gasteiger partial charge in [0.25, 0.3) is 0 Å². The summed E-state index contributed by atoms with van der Waals surface area (Å²) in [7, 11) is 0.